The molecule has 1 aliphatic rings. The molecule has 5 aromatic carbocycles. The Kier molecular flexibility index (Phi) is 6.18. The maximum absolute atomic E-state index is 6.70. The molecule has 2 aromatic heterocycles. The summed E-state index contributed by atoms with van der Waals surface area (Å²) in [6, 6.07) is 36.2. The highest BCUT2D eigenvalue weighted by Gasteiger charge is 2.25. The van der Waals surface area contributed by atoms with Crippen LogP contribution < -0.4 is 10.6 Å². The first-order valence-corrected chi connectivity index (χ1v) is 15.0. The Balaban J connectivity index is 1.22. The summed E-state index contributed by atoms with van der Waals surface area (Å²) in [5.41, 5.74) is 5.87. The topological polar surface area (TPSA) is 62.2 Å². The fourth-order valence-electron chi connectivity index (χ4n) is 5.76. The van der Waals surface area contributed by atoms with Gasteiger partial charge in [-0.1, -0.05) is 103 Å². The molecule has 0 saturated carbocycles. The second kappa shape index (κ2) is 10.3. The maximum Gasteiger partial charge on any atom is 0.158 e. The smallest absolute Gasteiger partial charge is 0.158 e. The van der Waals surface area contributed by atoms with Crippen LogP contribution in [0.1, 0.15) is 17.3 Å². The molecule has 0 aliphatic carbocycles. The van der Waals surface area contributed by atoms with Crippen LogP contribution in [0.5, 0.6) is 0 Å². The Bertz CT molecular complexity index is 2140. The molecule has 7 aromatic rings. The summed E-state index contributed by atoms with van der Waals surface area (Å²) < 4.78 is 2.43. The molecule has 0 amide bonds. The number of aromatic nitrogens is 2. The number of benzene rings is 5. The van der Waals surface area contributed by atoms with Gasteiger partial charge < -0.3 is 5.32 Å². The molecule has 0 bridgehead atoms. The number of aliphatic imine (C=N–C) groups is 1. The average Bonchev–Trinajstić information content (AvgIpc) is 3.43. The molecule has 1 aliphatic heterocycles. The Hall–Kier alpha value is -4.62. The van der Waals surface area contributed by atoms with Crippen LogP contribution in [0.25, 0.3) is 53.3 Å². The molecule has 0 radical (unpaired) electrons. The number of amidine groups is 1. The fourth-order valence-corrected chi connectivity index (χ4v) is 7.26. The zero-order chi connectivity index (χ0) is 28.0. The summed E-state index contributed by atoms with van der Waals surface area (Å²) >= 11 is 8.49. The normalized spacial score (nSPS) is 16.9. The number of alkyl halides is 1. The molecule has 202 valence electrons. The van der Waals surface area contributed by atoms with Gasteiger partial charge in [-0.25, -0.2) is 4.99 Å². The summed E-state index contributed by atoms with van der Waals surface area (Å²) in [6.07, 6.45) is 4.96. The standard InChI is InChI=1S/C35H24ClN5S/c36-35-40-33(24-13-12-21-6-1-2-7-22(21)18-24)39-34(41-35)29-11-5-10-28-27-15-14-23(19-31(27)42-32(28)29)25-8-3-4-9-26(25)30-20-37-16-17-38-30/h1-20,34-35,41H,(H,39,40). The van der Waals surface area contributed by atoms with Crippen LogP contribution in [-0.4, -0.2) is 21.4 Å². The van der Waals surface area contributed by atoms with Crippen molar-refractivity contribution in [2.24, 2.45) is 4.99 Å². The first kappa shape index (κ1) is 25.1. The summed E-state index contributed by atoms with van der Waals surface area (Å²) in [5.74, 6) is 0.783. The number of nitrogens with zero attached hydrogens (tertiary/aromatic N) is 3. The minimum atomic E-state index is -0.456. The van der Waals surface area contributed by atoms with Crippen LogP contribution in [0.3, 0.4) is 0 Å². The predicted octanol–water partition coefficient (Wildman–Crippen LogP) is 8.49. The quantitative estimate of drug-likeness (QED) is 0.162. The largest absolute Gasteiger partial charge is 0.342 e. The van der Waals surface area contributed by atoms with E-state index < -0.39 is 5.62 Å². The van der Waals surface area contributed by atoms with E-state index in [4.69, 9.17) is 16.6 Å². The van der Waals surface area contributed by atoms with Gasteiger partial charge in [0.05, 0.1) is 11.9 Å². The molecular formula is C35H24ClN5S. The lowest BCUT2D eigenvalue weighted by Gasteiger charge is -2.28. The SMILES string of the molecule is ClC1NC(c2ccc3ccccc3c2)=NC(c2cccc3c2sc2cc(-c4ccccc4-c4cnccn4)ccc23)N1. The second-order valence-electron chi connectivity index (χ2n) is 10.3. The average molecular weight is 582 g/mol. The molecule has 3 heterocycles. The third kappa shape index (κ3) is 4.41. The zero-order valence-corrected chi connectivity index (χ0v) is 23.9. The van der Waals surface area contributed by atoms with Gasteiger partial charge in [0.15, 0.2) is 5.62 Å². The van der Waals surface area contributed by atoms with E-state index >= 15 is 0 Å². The van der Waals surface area contributed by atoms with Crippen LogP contribution in [0.4, 0.5) is 0 Å². The van der Waals surface area contributed by atoms with E-state index in [0.29, 0.717) is 0 Å². The number of fused-ring (bicyclic) bond motifs is 4. The van der Waals surface area contributed by atoms with Gasteiger partial charge in [-0.05, 0) is 34.0 Å². The molecule has 0 saturated heterocycles. The van der Waals surface area contributed by atoms with Crippen molar-refractivity contribution in [1.29, 1.82) is 0 Å². The molecule has 5 nitrogen and oxygen atoms in total. The van der Waals surface area contributed by atoms with E-state index in [1.54, 1.807) is 23.7 Å². The molecule has 7 heteroatoms. The van der Waals surface area contributed by atoms with E-state index in [1.807, 2.05) is 12.3 Å². The van der Waals surface area contributed by atoms with Crippen LogP contribution in [0.15, 0.2) is 127 Å². The highest BCUT2D eigenvalue weighted by molar-refractivity contribution is 7.26. The predicted molar refractivity (Wildman–Crippen MR) is 175 cm³/mol. The molecule has 42 heavy (non-hydrogen) atoms. The Morgan fingerprint density at radius 2 is 1.55 bits per heavy atom. The van der Waals surface area contributed by atoms with Gasteiger partial charge in [0.2, 0.25) is 0 Å². The number of rotatable bonds is 4. The van der Waals surface area contributed by atoms with Crippen molar-refractivity contribution in [2.75, 3.05) is 0 Å². The Morgan fingerprint density at radius 1 is 0.714 bits per heavy atom. The number of nitrogens with one attached hydrogen (secondary N) is 2. The third-order valence-corrected chi connectivity index (χ3v) is 9.20. The first-order chi connectivity index (χ1) is 20.7. The second-order valence-corrected chi connectivity index (χ2v) is 11.8. The number of halogens is 1. The van der Waals surface area contributed by atoms with Gasteiger partial charge in [-0.15, -0.1) is 11.3 Å². The van der Waals surface area contributed by atoms with E-state index in [1.165, 1.54) is 30.9 Å². The van der Waals surface area contributed by atoms with Crippen molar-refractivity contribution in [3.63, 3.8) is 0 Å². The zero-order valence-electron chi connectivity index (χ0n) is 22.3. The van der Waals surface area contributed by atoms with Crippen molar-refractivity contribution >= 4 is 59.7 Å². The highest BCUT2D eigenvalue weighted by Crippen LogP contribution is 2.41. The van der Waals surface area contributed by atoms with Gasteiger partial charge in [0.1, 0.15) is 12.0 Å². The minimum Gasteiger partial charge on any atom is -0.342 e. The maximum atomic E-state index is 6.70. The van der Waals surface area contributed by atoms with Crippen molar-refractivity contribution in [1.82, 2.24) is 20.6 Å². The minimum absolute atomic E-state index is 0.288. The number of hydrogen-bond acceptors (Lipinski definition) is 6. The first-order valence-electron chi connectivity index (χ1n) is 13.8. The monoisotopic (exact) mass is 581 g/mol. The van der Waals surface area contributed by atoms with Crippen molar-refractivity contribution in [3.05, 3.63) is 133 Å². The van der Waals surface area contributed by atoms with Crippen molar-refractivity contribution in [3.8, 4) is 22.4 Å². The third-order valence-electron chi connectivity index (χ3n) is 7.75. The number of hydrogen-bond donors (Lipinski definition) is 2. The molecule has 2 N–H and O–H groups in total. The lowest BCUT2D eigenvalue weighted by molar-refractivity contribution is 0.486. The molecule has 2 unspecified atom stereocenters. The van der Waals surface area contributed by atoms with Gasteiger partial charge in [0, 0.05) is 49.3 Å². The van der Waals surface area contributed by atoms with E-state index in [2.05, 4.69) is 118 Å². The Morgan fingerprint density at radius 3 is 2.43 bits per heavy atom. The molecule has 0 spiro atoms. The molecule has 2 atom stereocenters. The van der Waals surface area contributed by atoms with Crippen LogP contribution in [0.2, 0.25) is 0 Å². The van der Waals surface area contributed by atoms with E-state index in [9.17, 15) is 0 Å². The fraction of sp³-hybridized carbons (Fsp3) is 0.0571. The lowest BCUT2D eigenvalue weighted by Crippen LogP contribution is -2.47. The summed E-state index contributed by atoms with van der Waals surface area (Å²) in [6.45, 7) is 0. The molecule has 0 fully saturated rings. The van der Waals surface area contributed by atoms with E-state index in [0.717, 1.165) is 39.3 Å². The van der Waals surface area contributed by atoms with Gasteiger partial charge >= 0.3 is 0 Å². The van der Waals surface area contributed by atoms with Crippen LogP contribution >= 0.6 is 22.9 Å². The number of thiophene rings is 1. The van der Waals surface area contributed by atoms with Gasteiger partial charge in [-0.2, -0.15) is 0 Å². The summed E-state index contributed by atoms with van der Waals surface area (Å²) in [7, 11) is 0. The lowest BCUT2D eigenvalue weighted by atomic mass is 9.97. The molecular weight excluding hydrogens is 558 g/mol. The highest BCUT2D eigenvalue weighted by atomic mass is 35.5. The van der Waals surface area contributed by atoms with Crippen LogP contribution in [0, 0.1) is 0 Å². The van der Waals surface area contributed by atoms with Crippen molar-refractivity contribution < 1.29 is 0 Å². The van der Waals surface area contributed by atoms with Crippen LogP contribution in [-0.2, 0) is 0 Å². The Labute approximate surface area is 251 Å². The van der Waals surface area contributed by atoms with Gasteiger partial charge in [0.25, 0.3) is 0 Å². The summed E-state index contributed by atoms with van der Waals surface area (Å²) in [5, 5.41) is 11.6. The van der Waals surface area contributed by atoms with Crippen molar-refractivity contribution in [2.45, 2.75) is 11.8 Å². The van der Waals surface area contributed by atoms with E-state index in [-0.39, 0.29) is 6.17 Å². The van der Waals surface area contributed by atoms with Gasteiger partial charge in [-0.3, -0.25) is 15.3 Å². The summed E-state index contributed by atoms with van der Waals surface area (Å²) in [4.78, 5) is 13.9. The molecule has 8 rings (SSSR count).